The van der Waals surface area contributed by atoms with Gasteiger partial charge < -0.3 is 5.32 Å². The standard InChI is InChI=1S/C14H15F2NO/c1-2-3-6-10-12(13(15)16)9-7-4-5-8-11(9)17-14(10)18/h4-5,7-8,10H,2-3,6H2,1H3,(H,17,18). The third-order valence-corrected chi connectivity index (χ3v) is 3.19. The first kappa shape index (κ1) is 12.7. The number of benzene rings is 1. The Morgan fingerprint density at radius 3 is 2.72 bits per heavy atom. The predicted octanol–water partition coefficient (Wildman–Crippen LogP) is 4.05. The number of hydrogen-bond acceptors (Lipinski definition) is 1. The molecule has 1 aliphatic rings. The number of para-hydroxylation sites is 1. The van der Waals surface area contributed by atoms with Crippen LogP contribution in [0.15, 0.2) is 30.3 Å². The number of halogens is 2. The molecule has 18 heavy (non-hydrogen) atoms. The molecule has 1 aromatic carbocycles. The largest absolute Gasteiger partial charge is 0.325 e. The van der Waals surface area contributed by atoms with Crippen molar-refractivity contribution in [3.8, 4) is 0 Å². The number of carbonyl (C=O) groups excluding carboxylic acids is 1. The lowest BCUT2D eigenvalue weighted by Gasteiger charge is -2.26. The second kappa shape index (κ2) is 5.29. The zero-order chi connectivity index (χ0) is 13.1. The Balaban J connectivity index is 2.45. The van der Waals surface area contributed by atoms with Gasteiger partial charge in [0.15, 0.2) is 0 Å². The first-order valence-electron chi connectivity index (χ1n) is 6.10. The van der Waals surface area contributed by atoms with Gasteiger partial charge in [0.2, 0.25) is 5.91 Å². The minimum Gasteiger partial charge on any atom is -0.325 e. The van der Waals surface area contributed by atoms with Crippen molar-refractivity contribution in [2.75, 3.05) is 5.32 Å². The molecule has 0 aromatic heterocycles. The van der Waals surface area contributed by atoms with Crippen molar-refractivity contribution in [3.05, 3.63) is 35.9 Å². The molecule has 1 amide bonds. The zero-order valence-electron chi connectivity index (χ0n) is 10.2. The molecule has 1 unspecified atom stereocenters. The Bertz CT molecular complexity index is 492. The minimum absolute atomic E-state index is 0.109. The lowest BCUT2D eigenvalue weighted by molar-refractivity contribution is -0.118. The van der Waals surface area contributed by atoms with Gasteiger partial charge in [0.25, 0.3) is 6.08 Å². The van der Waals surface area contributed by atoms with Crippen molar-refractivity contribution >= 4 is 17.2 Å². The van der Waals surface area contributed by atoms with E-state index in [4.69, 9.17) is 0 Å². The van der Waals surface area contributed by atoms with Crippen molar-refractivity contribution in [1.82, 2.24) is 0 Å². The highest BCUT2D eigenvalue weighted by atomic mass is 19.3. The number of unbranched alkanes of at least 4 members (excludes halogenated alkanes) is 1. The van der Waals surface area contributed by atoms with E-state index in [0.29, 0.717) is 17.7 Å². The highest BCUT2D eigenvalue weighted by Crippen LogP contribution is 2.40. The van der Waals surface area contributed by atoms with Crippen LogP contribution in [-0.4, -0.2) is 5.91 Å². The maximum absolute atomic E-state index is 13.1. The number of hydrogen-bond donors (Lipinski definition) is 1. The summed E-state index contributed by atoms with van der Waals surface area (Å²) in [6.45, 7) is 1.98. The van der Waals surface area contributed by atoms with Crippen LogP contribution in [0.4, 0.5) is 14.5 Å². The van der Waals surface area contributed by atoms with Crippen molar-refractivity contribution in [3.63, 3.8) is 0 Å². The van der Waals surface area contributed by atoms with E-state index in [2.05, 4.69) is 5.32 Å². The van der Waals surface area contributed by atoms with E-state index >= 15 is 0 Å². The average molecular weight is 251 g/mol. The summed E-state index contributed by atoms with van der Waals surface area (Å²) < 4.78 is 26.3. The summed E-state index contributed by atoms with van der Waals surface area (Å²) in [6, 6.07) is 6.70. The van der Waals surface area contributed by atoms with E-state index in [1.165, 1.54) is 0 Å². The molecule has 0 bridgehead atoms. The molecule has 0 saturated heterocycles. The van der Waals surface area contributed by atoms with E-state index in [-0.39, 0.29) is 11.5 Å². The fourth-order valence-corrected chi connectivity index (χ4v) is 2.28. The summed E-state index contributed by atoms with van der Waals surface area (Å²) in [7, 11) is 0. The van der Waals surface area contributed by atoms with E-state index in [9.17, 15) is 13.6 Å². The van der Waals surface area contributed by atoms with Crippen LogP contribution in [0.2, 0.25) is 0 Å². The van der Waals surface area contributed by atoms with Crippen LogP contribution < -0.4 is 5.32 Å². The normalized spacial score (nSPS) is 18.3. The van der Waals surface area contributed by atoms with Crippen LogP contribution in [0.1, 0.15) is 31.7 Å². The van der Waals surface area contributed by atoms with Gasteiger partial charge in [-0.15, -0.1) is 0 Å². The Morgan fingerprint density at radius 2 is 2.06 bits per heavy atom. The molecule has 2 nitrogen and oxygen atoms in total. The molecule has 0 aliphatic carbocycles. The molecule has 1 aromatic rings. The fourth-order valence-electron chi connectivity index (χ4n) is 2.28. The SMILES string of the molecule is CCCCC1C(=O)Nc2ccccc2C1=C(F)F. The summed E-state index contributed by atoms with van der Waals surface area (Å²) in [5, 5.41) is 2.70. The lowest BCUT2D eigenvalue weighted by Crippen LogP contribution is -2.29. The molecule has 0 spiro atoms. The maximum atomic E-state index is 13.1. The van der Waals surface area contributed by atoms with E-state index in [1.807, 2.05) is 6.92 Å². The number of rotatable bonds is 3. The van der Waals surface area contributed by atoms with Gasteiger partial charge in [0.05, 0.1) is 5.92 Å². The van der Waals surface area contributed by atoms with E-state index in [0.717, 1.165) is 12.8 Å². The summed E-state index contributed by atoms with van der Waals surface area (Å²) in [4.78, 5) is 11.9. The molecule has 1 N–H and O–H groups in total. The van der Waals surface area contributed by atoms with Gasteiger partial charge in [-0.1, -0.05) is 38.0 Å². The van der Waals surface area contributed by atoms with Gasteiger partial charge in [-0.05, 0) is 12.5 Å². The highest BCUT2D eigenvalue weighted by molar-refractivity contribution is 6.07. The summed E-state index contributed by atoms with van der Waals surface area (Å²) in [6.07, 6.45) is 0.353. The average Bonchev–Trinajstić information content (AvgIpc) is 2.35. The quantitative estimate of drug-likeness (QED) is 0.862. The van der Waals surface area contributed by atoms with E-state index in [1.54, 1.807) is 24.3 Å². The molecule has 96 valence electrons. The number of amides is 1. The van der Waals surface area contributed by atoms with Crippen LogP contribution in [-0.2, 0) is 4.79 Å². The molecule has 1 atom stereocenters. The molecule has 0 radical (unpaired) electrons. The molecule has 1 heterocycles. The Hall–Kier alpha value is -1.71. The molecule has 1 aliphatic heterocycles. The van der Waals surface area contributed by atoms with Gasteiger partial charge in [-0.2, -0.15) is 8.78 Å². The van der Waals surface area contributed by atoms with Crippen molar-refractivity contribution < 1.29 is 13.6 Å². The van der Waals surface area contributed by atoms with Crippen LogP contribution >= 0.6 is 0 Å². The summed E-state index contributed by atoms with van der Waals surface area (Å²) in [5.41, 5.74) is 0.805. The van der Waals surface area contributed by atoms with Gasteiger partial charge in [-0.3, -0.25) is 4.79 Å². The monoisotopic (exact) mass is 251 g/mol. The minimum atomic E-state index is -1.75. The van der Waals surface area contributed by atoms with Crippen LogP contribution in [0.5, 0.6) is 0 Å². The van der Waals surface area contributed by atoms with Gasteiger partial charge in [0, 0.05) is 16.8 Å². The molecule has 0 saturated carbocycles. The highest BCUT2D eigenvalue weighted by Gasteiger charge is 2.33. The molecule has 2 rings (SSSR count). The zero-order valence-corrected chi connectivity index (χ0v) is 10.2. The lowest BCUT2D eigenvalue weighted by atomic mass is 9.84. The van der Waals surface area contributed by atoms with Crippen molar-refractivity contribution in [1.29, 1.82) is 0 Å². The number of anilines is 1. The predicted molar refractivity (Wildman–Crippen MR) is 67.2 cm³/mol. The molecule has 4 heteroatoms. The fraction of sp³-hybridized carbons (Fsp3) is 0.357. The van der Waals surface area contributed by atoms with Crippen molar-refractivity contribution in [2.45, 2.75) is 26.2 Å². The third kappa shape index (κ3) is 2.28. The van der Waals surface area contributed by atoms with Crippen LogP contribution in [0, 0.1) is 5.92 Å². The van der Waals surface area contributed by atoms with Gasteiger partial charge in [0.1, 0.15) is 0 Å². The maximum Gasteiger partial charge on any atom is 0.274 e. The second-order valence-corrected chi connectivity index (χ2v) is 4.40. The smallest absolute Gasteiger partial charge is 0.274 e. The Morgan fingerprint density at radius 1 is 1.33 bits per heavy atom. The van der Waals surface area contributed by atoms with Gasteiger partial charge >= 0.3 is 0 Å². The van der Waals surface area contributed by atoms with Crippen LogP contribution in [0.3, 0.4) is 0 Å². The molecular formula is C14H15F2NO. The number of carbonyl (C=O) groups is 1. The van der Waals surface area contributed by atoms with Crippen molar-refractivity contribution in [2.24, 2.45) is 5.92 Å². The first-order chi connectivity index (χ1) is 8.65. The third-order valence-electron chi connectivity index (χ3n) is 3.19. The van der Waals surface area contributed by atoms with Crippen LogP contribution in [0.25, 0.3) is 5.57 Å². The molecule has 0 fully saturated rings. The summed E-state index contributed by atoms with van der Waals surface area (Å²) in [5.74, 6) is -1.06. The summed E-state index contributed by atoms with van der Waals surface area (Å²) >= 11 is 0. The Labute approximate surface area is 105 Å². The second-order valence-electron chi connectivity index (χ2n) is 4.40. The molecular weight excluding hydrogens is 236 g/mol. The topological polar surface area (TPSA) is 29.1 Å². The first-order valence-corrected chi connectivity index (χ1v) is 6.10. The number of fused-ring (bicyclic) bond motifs is 1. The number of nitrogens with one attached hydrogen (secondary N) is 1. The Kier molecular flexibility index (Phi) is 3.75. The van der Waals surface area contributed by atoms with E-state index < -0.39 is 12.0 Å². The van der Waals surface area contributed by atoms with Gasteiger partial charge in [-0.25, -0.2) is 0 Å².